The number of ether oxygens (including phenoxy) is 1. The molecule has 0 aliphatic rings. The fraction of sp³-hybridized carbons (Fsp3) is 0.308. The van der Waals surface area contributed by atoms with Gasteiger partial charge in [0.1, 0.15) is 5.82 Å². The lowest BCUT2D eigenvalue weighted by atomic mass is 10.2. The average Bonchev–Trinajstić information content (AvgIpc) is 2.82. The Morgan fingerprint density at radius 1 is 1.47 bits per heavy atom. The lowest BCUT2D eigenvalue weighted by Gasteiger charge is -2.12. The Balaban J connectivity index is 2.32. The van der Waals surface area contributed by atoms with Crippen molar-refractivity contribution in [2.45, 2.75) is 6.92 Å². The van der Waals surface area contributed by atoms with Crippen LogP contribution in [0.15, 0.2) is 29.0 Å². The number of aryl methyl sites for hydroxylation is 1. The molecule has 2 aromatic rings. The van der Waals surface area contributed by atoms with E-state index in [-0.39, 0.29) is 5.82 Å². The van der Waals surface area contributed by atoms with Crippen molar-refractivity contribution in [1.29, 1.82) is 0 Å². The zero-order valence-corrected chi connectivity index (χ0v) is 12.4. The van der Waals surface area contributed by atoms with Crippen LogP contribution >= 0.6 is 15.9 Å². The summed E-state index contributed by atoms with van der Waals surface area (Å²) in [6, 6.07) is 3.24. The Bertz CT molecular complexity index is 571. The van der Waals surface area contributed by atoms with Crippen LogP contribution in [0.3, 0.4) is 0 Å². The molecule has 102 valence electrons. The first-order chi connectivity index (χ1) is 9.13. The first-order valence-corrected chi connectivity index (χ1v) is 6.65. The molecule has 4 nitrogen and oxygen atoms in total. The van der Waals surface area contributed by atoms with Gasteiger partial charge in [0.25, 0.3) is 0 Å². The largest absolute Gasteiger partial charge is 0.383 e. The summed E-state index contributed by atoms with van der Waals surface area (Å²) in [6.45, 7) is 3.16. The van der Waals surface area contributed by atoms with Gasteiger partial charge in [-0.2, -0.15) is 0 Å². The van der Waals surface area contributed by atoms with Gasteiger partial charge >= 0.3 is 0 Å². The Labute approximate surface area is 119 Å². The molecule has 6 heteroatoms. The SMILES string of the molecule is COCCNc1nccn1-c1cc(F)c(Br)cc1C. The van der Waals surface area contributed by atoms with Gasteiger partial charge in [0.2, 0.25) is 5.95 Å². The number of hydrogen-bond donors (Lipinski definition) is 1. The highest BCUT2D eigenvalue weighted by molar-refractivity contribution is 9.10. The van der Waals surface area contributed by atoms with Crippen LogP contribution in [0.1, 0.15) is 5.56 Å². The topological polar surface area (TPSA) is 39.1 Å². The molecule has 0 amide bonds. The van der Waals surface area contributed by atoms with Crippen LogP contribution in [0.25, 0.3) is 5.69 Å². The van der Waals surface area contributed by atoms with Crippen molar-refractivity contribution in [3.05, 3.63) is 40.4 Å². The summed E-state index contributed by atoms with van der Waals surface area (Å²) in [6.07, 6.45) is 3.47. The van der Waals surface area contributed by atoms with E-state index in [4.69, 9.17) is 4.74 Å². The van der Waals surface area contributed by atoms with E-state index < -0.39 is 0 Å². The fourth-order valence-electron chi connectivity index (χ4n) is 1.79. The zero-order chi connectivity index (χ0) is 13.8. The predicted molar refractivity (Wildman–Crippen MR) is 76.3 cm³/mol. The molecule has 1 heterocycles. The van der Waals surface area contributed by atoms with Crippen molar-refractivity contribution in [2.24, 2.45) is 0 Å². The van der Waals surface area contributed by atoms with E-state index in [1.54, 1.807) is 25.6 Å². The number of benzene rings is 1. The maximum atomic E-state index is 13.7. The van der Waals surface area contributed by atoms with Crippen molar-refractivity contribution in [1.82, 2.24) is 9.55 Å². The minimum Gasteiger partial charge on any atom is -0.383 e. The Morgan fingerprint density at radius 3 is 3.00 bits per heavy atom. The van der Waals surface area contributed by atoms with E-state index >= 15 is 0 Å². The maximum absolute atomic E-state index is 13.7. The van der Waals surface area contributed by atoms with E-state index in [0.717, 1.165) is 11.3 Å². The molecule has 2 rings (SSSR count). The molecule has 0 unspecified atom stereocenters. The number of nitrogens with zero attached hydrogens (tertiary/aromatic N) is 2. The van der Waals surface area contributed by atoms with Gasteiger partial charge in [-0.1, -0.05) is 0 Å². The Kier molecular flexibility index (Phi) is 4.55. The van der Waals surface area contributed by atoms with Gasteiger partial charge in [-0.15, -0.1) is 0 Å². The third-order valence-corrected chi connectivity index (χ3v) is 3.34. The lowest BCUT2D eigenvalue weighted by molar-refractivity contribution is 0.210. The second kappa shape index (κ2) is 6.16. The van der Waals surface area contributed by atoms with Crippen LogP contribution in [0.5, 0.6) is 0 Å². The second-order valence-electron chi connectivity index (χ2n) is 4.09. The molecule has 0 bridgehead atoms. The van der Waals surface area contributed by atoms with Crippen molar-refractivity contribution >= 4 is 21.9 Å². The Morgan fingerprint density at radius 2 is 2.26 bits per heavy atom. The molecular formula is C13H15BrFN3O. The molecule has 1 aromatic carbocycles. The van der Waals surface area contributed by atoms with E-state index in [2.05, 4.69) is 26.2 Å². The van der Waals surface area contributed by atoms with E-state index in [9.17, 15) is 4.39 Å². The minimum atomic E-state index is -0.294. The highest BCUT2D eigenvalue weighted by Crippen LogP contribution is 2.25. The van der Waals surface area contributed by atoms with Gasteiger partial charge in [0.05, 0.1) is 16.8 Å². The molecule has 0 aliphatic heterocycles. The van der Waals surface area contributed by atoms with E-state index in [1.165, 1.54) is 6.07 Å². The summed E-state index contributed by atoms with van der Waals surface area (Å²) in [4.78, 5) is 4.22. The normalized spacial score (nSPS) is 10.7. The monoisotopic (exact) mass is 327 g/mol. The summed E-state index contributed by atoms with van der Waals surface area (Å²) in [5.74, 6) is 0.374. The molecule has 0 aliphatic carbocycles. The smallest absolute Gasteiger partial charge is 0.207 e. The van der Waals surface area contributed by atoms with Crippen molar-refractivity contribution < 1.29 is 9.13 Å². The molecule has 1 N–H and O–H groups in total. The van der Waals surface area contributed by atoms with Crippen LogP contribution in [-0.2, 0) is 4.74 Å². The molecule has 0 saturated carbocycles. The first-order valence-electron chi connectivity index (χ1n) is 5.85. The summed E-state index contributed by atoms with van der Waals surface area (Å²) in [7, 11) is 1.64. The van der Waals surface area contributed by atoms with Gasteiger partial charge in [0, 0.05) is 26.0 Å². The van der Waals surface area contributed by atoms with Crippen LogP contribution in [0.2, 0.25) is 0 Å². The number of hydrogen-bond acceptors (Lipinski definition) is 3. The molecule has 19 heavy (non-hydrogen) atoms. The molecule has 0 fully saturated rings. The number of methoxy groups -OCH3 is 1. The fourth-order valence-corrected chi connectivity index (χ4v) is 2.25. The van der Waals surface area contributed by atoms with Gasteiger partial charge in [-0.05, 0) is 40.5 Å². The molecule has 0 radical (unpaired) electrons. The highest BCUT2D eigenvalue weighted by Gasteiger charge is 2.10. The average molecular weight is 328 g/mol. The van der Waals surface area contributed by atoms with Gasteiger partial charge in [-0.3, -0.25) is 4.57 Å². The lowest BCUT2D eigenvalue weighted by Crippen LogP contribution is -2.12. The standard InChI is InChI=1S/C13H15BrFN3O/c1-9-7-10(14)11(15)8-12(9)18-5-3-16-13(18)17-4-6-19-2/h3,5,7-8H,4,6H2,1-2H3,(H,16,17). The zero-order valence-electron chi connectivity index (χ0n) is 10.8. The number of rotatable bonds is 5. The first kappa shape index (κ1) is 14.0. The molecule has 1 aromatic heterocycles. The maximum Gasteiger partial charge on any atom is 0.207 e. The number of anilines is 1. The summed E-state index contributed by atoms with van der Waals surface area (Å²) < 4.78 is 20.9. The predicted octanol–water partition coefficient (Wildman–Crippen LogP) is 3.14. The van der Waals surface area contributed by atoms with Crippen LogP contribution in [0.4, 0.5) is 10.3 Å². The molecule has 0 spiro atoms. The van der Waals surface area contributed by atoms with Crippen LogP contribution in [-0.4, -0.2) is 29.8 Å². The summed E-state index contributed by atoms with van der Waals surface area (Å²) in [5, 5.41) is 3.15. The van der Waals surface area contributed by atoms with E-state index in [1.807, 2.05) is 11.5 Å². The number of nitrogens with one attached hydrogen (secondary N) is 1. The third-order valence-electron chi connectivity index (χ3n) is 2.73. The van der Waals surface area contributed by atoms with Gasteiger partial charge in [-0.25, -0.2) is 9.37 Å². The summed E-state index contributed by atoms with van der Waals surface area (Å²) in [5.41, 5.74) is 1.72. The molecule has 0 atom stereocenters. The van der Waals surface area contributed by atoms with Gasteiger partial charge < -0.3 is 10.1 Å². The third kappa shape index (κ3) is 3.13. The Hall–Kier alpha value is -1.40. The van der Waals surface area contributed by atoms with Crippen molar-refractivity contribution in [3.63, 3.8) is 0 Å². The number of aromatic nitrogens is 2. The second-order valence-corrected chi connectivity index (χ2v) is 4.95. The van der Waals surface area contributed by atoms with Crippen LogP contribution in [0, 0.1) is 12.7 Å². The van der Waals surface area contributed by atoms with E-state index in [0.29, 0.717) is 23.6 Å². The van der Waals surface area contributed by atoms with Crippen molar-refractivity contribution in [2.75, 3.05) is 25.6 Å². The molecule has 0 saturated heterocycles. The minimum absolute atomic E-state index is 0.294. The molecular weight excluding hydrogens is 313 g/mol. The van der Waals surface area contributed by atoms with Gasteiger partial charge in [0.15, 0.2) is 0 Å². The highest BCUT2D eigenvalue weighted by atomic mass is 79.9. The van der Waals surface area contributed by atoms with Crippen molar-refractivity contribution in [3.8, 4) is 5.69 Å². The quantitative estimate of drug-likeness (QED) is 0.857. The van der Waals surface area contributed by atoms with Crippen LogP contribution < -0.4 is 5.32 Å². The summed E-state index contributed by atoms with van der Waals surface area (Å²) >= 11 is 3.18. The number of halogens is 2. The number of imidazole rings is 1.